The first-order valence-corrected chi connectivity index (χ1v) is 5.38. The Morgan fingerprint density at radius 2 is 2.12 bits per heavy atom. The molecule has 0 bridgehead atoms. The number of alkyl halides is 3. The molecule has 0 aliphatic carbocycles. The van der Waals surface area contributed by atoms with Crippen LogP contribution in [0.2, 0.25) is 5.02 Å². The lowest BCUT2D eigenvalue weighted by molar-refractivity contribution is -0.137. The van der Waals surface area contributed by atoms with Gasteiger partial charge in [0.25, 0.3) is 0 Å². The Kier molecular flexibility index (Phi) is 3.18. The monoisotopic (exact) mass is 266 g/mol. The van der Waals surface area contributed by atoms with Crippen molar-refractivity contribution < 1.29 is 18.3 Å². The fourth-order valence-electron chi connectivity index (χ4n) is 1.68. The number of aliphatic hydroxyl groups is 1. The van der Waals surface area contributed by atoms with E-state index in [1.165, 1.54) is 0 Å². The summed E-state index contributed by atoms with van der Waals surface area (Å²) in [5.74, 6) is 0.486. The standard InChI is InChI=1S/C10H10ClF3N2O/c11-8-1-7(10(12,13)14)2-15-9(8)16-3-6(4-16)5-17/h1-2,6,17H,3-5H2. The van der Waals surface area contributed by atoms with Gasteiger partial charge < -0.3 is 10.0 Å². The van der Waals surface area contributed by atoms with Crippen LogP contribution < -0.4 is 4.90 Å². The van der Waals surface area contributed by atoms with Crippen molar-refractivity contribution in [2.24, 2.45) is 5.92 Å². The number of aromatic nitrogens is 1. The summed E-state index contributed by atoms with van der Waals surface area (Å²) in [5, 5.41) is 8.82. The van der Waals surface area contributed by atoms with Crippen LogP contribution in [0, 0.1) is 5.92 Å². The van der Waals surface area contributed by atoms with Crippen molar-refractivity contribution in [2.75, 3.05) is 24.6 Å². The molecule has 0 unspecified atom stereocenters. The minimum atomic E-state index is -4.43. The largest absolute Gasteiger partial charge is 0.417 e. The van der Waals surface area contributed by atoms with Crippen molar-refractivity contribution in [1.82, 2.24) is 4.98 Å². The van der Waals surface area contributed by atoms with E-state index in [-0.39, 0.29) is 17.5 Å². The lowest BCUT2D eigenvalue weighted by Gasteiger charge is -2.39. The second-order valence-corrected chi connectivity index (χ2v) is 4.39. The van der Waals surface area contributed by atoms with Crippen LogP contribution in [0.15, 0.2) is 12.3 Å². The molecule has 0 aromatic carbocycles. The van der Waals surface area contributed by atoms with Crippen LogP contribution in [0.1, 0.15) is 5.56 Å². The van der Waals surface area contributed by atoms with Gasteiger partial charge in [0.15, 0.2) is 0 Å². The first-order valence-electron chi connectivity index (χ1n) is 5.00. The third-order valence-corrected chi connectivity index (χ3v) is 2.94. The molecule has 3 nitrogen and oxygen atoms in total. The number of hydrogen-bond donors (Lipinski definition) is 1. The van der Waals surface area contributed by atoms with Crippen LogP contribution in [0.4, 0.5) is 19.0 Å². The van der Waals surface area contributed by atoms with Crippen LogP contribution in [0.25, 0.3) is 0 Å². The zero-order valence-corrected chi connectivity index (χ0v) is 9.46. The minimum Gasteiger partial charge on any atom is -0.396 e. The first-order chi connectivity index (χ1) is 7.91. The average Bonchev–Trinajstić information content (AvgIpc) is 2.17. The Balaban J connectivity index is 2.16. The molecule has 7 heteroatoms. The molecule has 2 heterocycles. The highest BCUT2D eigenvalue weighted by molar-refractivity contribution is 6.33. The highest BCUT2D eigenvalue weighted by Gasteiger charge is 2.33. The van der Waals surface area contributed by atoms with E-state index in [2.05, 4.69) is 4.98 Å². The van der Waals surface area contributed by atoms with Gasteiger partial charge in [-0.3, -0.25) is 0 Å². The number of aliphatic hydroxyl groups excluding tert-OH is 1. The predicted octanol–water partition coefficient (Wildman–Crippen LogP) is 2.18. The van der Waals surface area contributed by atoms with E-state index < -0.39 is 11.7 Å². The summed E-state index contributed by atoms with van der Waals surface area (Å²) in [7, 11) is 0. The quantitative estimate of drug-likeness (QED) is 0.891. The van der Waals surface area contributed by atoms with Gasteiger partial charge in [0.1, 0.15) is 5.82 Å². The molecule has 0 spiro atoms. The maximum Gasteiger partial charge on any atom is 0.417 e. The Hall–Kier alpha value is -1.01. The Labute approximate surface area is 101 Å². The molecule has 0 saturated carbocycles. The summed E-state index contributed by atoms with van der Waals surface area (Å²) in [5.41, 5.74) is -0.856. The summed E-state index contributed by atoms with van der Waals surface area (Å²) in [4.78, 5) is 5.47. The number of nitrogens with zero attached hydrogens (tertiary/aromatic N) is 2. The fraction of sp³-hybridized carbons (Fsp3) is 0.500. The molecule has 1 aliphatic heterocycles. The van der Waals surface area contributed by atoms with Gasteiger partial charge in [-0.2, -0.15) is 13.2 Å². The van der Waals surface area contributed by atoms with Crippen LogP contribution in [-0.4, -0.2) is 29.8 Å². The van der Waals surface area contributed by atoms with E-state index in [0.717, 1.165) is 12.3 Å². The predicted molar refractivity (Wildman–Crippen MR) is 57.0 cm³/mol. The average molecular weight is 267 g/mol. The van der Waals surface area contributed by atoms with E-state index in [0.29, 0.717) is 18.9 Å². The minimum absolute atomic E-state index is 0.0174. The zero-order valence-electron chi connectivity index (χ0n) is 8.71. The van der Waals surface area contributed by atoms with Gasteiger partial charge in [-0.1, -0.05) is 11.6 Å². The molecule has 0 radical (unpaired) electrons. The summed E-state index contributed by atoms with van der Waals surface area (Å²) >= 11 is 5.77. The molecule has 0 atom stereocenters. The van der Waals surface area contributed by atoms with Crippen LogP contribution in [0.3, 0.4) is 0 Å². The van der Waals surface area contributed by atoms with Crippen molar-refractivity contribution in [3.05, 3.63) is 22.8 Å². The summed E-state index contributed by atoms with van der Waals surface area (Å²) < 4.78 is 37.1. The topological polar surface area (TPSA) is 36.4 Å². The molecule has 1 aromatic heterocycles. The zero-order chi connectivity index (χ0) is 12.6. The van der Waals surface area contributed by atoms with Gasteiger partial charge in [-0.05, 0) is 6.07 Å². The summed E-state index contributed by atoms with van der Waals surface area (Å²) in [6.07, 6.45) is -3.66. The van der Waals surface area contributed by atoms with Crippen molar-refractivity contribution in [2.45, 2.75) is 6.18 Å². The molecule has 94 valence electrons. The molecule has 1 saturated heterocycles. The highest BCUT2D eigenvalue weighted by atomic mass is 35.5. The molecule has 1 N–H and O–H groups in total. The molecule has 2 rings (SSSR count). The van der Waals surface area contributed by atoms with Gasteiger partial charge in [-0.25, -0.2) is 4.98 Å². The van der Waals surface area contributed by atoms with Gasteiger partial charge in [0.05, 0.1) is 10.6 Å². The Bertz CT molecular complexity index is 419. The number of halogens is 4. The van der Waals surface area contributed by atoms with Gasteiger partial charge >= 0.3 is 6.18 Å². The van der Waals surface area contributed by atoms with Crippen molar-refractivity contribution in [3.8, 4) is 0 Å². The smallest absolute Gasteiger partial charge is 0.396 e. The number of anilines is 1. The van der Waals surface area contributed by atoms with Gasteiger partial charge in [-0.15, -0.1) is 0 Å². The molecule has 0 amide bonds. The molecular formula is C10H10ClF3N2O. The number of hydrogen-bond acceptors (Lipinski definition) is 3. The summed E-state index contributed by atoms with van der Waals surface area (Å²) in [6, 6.07) is 0.871. The lowest BCUT2D eigenvalue weighted by atomic mass is 10.0. The molecule has 1 aliphatic rings. The van der Waals surface area contributed by atoms with Crippen LogP contribution in [0.5, 0.6) is 0 Å². The van der Waals surface area contributed by atoms with E-state index >= 15 is 0 Å². The Morgan fingerprint density at radius 3 is 2.59 bits per heavy atom. The van der Waals surface area contributed by atoms with E-state index in [4.69, 9.17) is 16.7 Å². The van der Waals surface area contributed by atoms with Crippen LogP contribution >= 0.6 is 11.6 Å². The first kappa shape index (κ1) is 12.4. The maximum atomic E-state index is 12.4. The lowest BCUT2D eigenvalue weighted by Crippen LogP contribution is -2.49. The van der Waals surface area contributed by atoms with Gasteiger partial charge in [0.2, 0.25) is 0 Å². The highest BCUT2D eigenvalue weighted by Crippen LogP contribution is 2.35. The SMILES string of the molecule is OCC1CN(c2ncc(C(F)(F)F)cc2Cl)C1. The van der Waals surface area contributed by atoms with Crippen molar-refractivity contribution >= 4 is 17.4 Å². The van der Waals surface area contributed by atoms with E-state index in [9.17, 15) is 13.2 Å². The van der Waals surface area contributed by atoms with Crippen LogP contribution in [-0.2, 0) is 6.18 Å². The molecule has 17 heavy (non-hydrogen) atoms. The molecule has 1 fully saturated rings. The molecule has 1 aromatic rings. The maximum absolute atomic E-state index is 12.4. The summed E-state index contributed by atoms with van der Waals surface area (Å²) in [6.45, 7) is 1.19. The Morgan fingerprint density at radius 1 is 1.47 bits per heavy atom. The van der Waals surface area contributed by atoms with Gasteiger partial charge in [0, 0.05) is 31.8 Å². The third-order valence-electron chi connectivity index (χ3n) is 2.66. The molecular weight excluding hydrogens is 257 g/mol. The number of rotatable bonds is 2. The second-order valence-electron chi connectivity index (χ2n) is 3.98. The van der Waals surface area contributed by atoms with Crippen molar-refractivity contribution in [3.63, 3.8) is 0 Å². The fourth-order valence-corrected chi connectivity index (χ4v) is 1.96. The van der Waals surface area contributed by atoms with E-state index in [1.807, 2.05) is 0 Å². The second kappa shape index (κ2) is 4.34. The normalized spacial score (nSPS) is 17.1. The van der Waals surface area contributed by atoms with E-state index in [1.54, 1.807) is 4.90 Å². The van der Waals surface area contributed by atoms with Crippen molar-refractivity contribution in [1.29, 1.82) is 0 Å². The number of pyridine rings is 1. The third kappa shape index (κ3) is 2.47.